The molecule has 0 radical (unpaired) electrons. The zero-order valence-electron chi connectivity index (χ0n) is 12.0. The van der Waals surface area contributed by atoms with Crippen molar-refractivity contribution < 1.29 is 13.2 Å². The Bertz CT molecular complexity index is 632. The summed E-state index contributed by atoms with van der Waals surface area (Å²) < 4.78 is 26.4. The predicted molar refractivity (Wildman–Crippen MR) is 84.3 cm³/mol. The van der Waals surface area contributed by atoms with Crippen LogP contribution in [0, 0.1) is 0 Å². The molecule has 3 N–H and O–H groups in total. The summed E-state index contributed by atoms with van der Waals surface area (Å²) >= 11 is 0. The van der Waals surface area contributed by atoms with E-state index in [1.807, 2.05) is 0 Å². The summed E-state index contributed by atoms with van der Waals surface area (Å²) in [7, 11) is -3.52. The molecular formula is C13H20ClN3O3S. The van der Waals surface area contributed by atoms with Crippen LogP contribution >= 0.6 is 12.4 Å². The average molecular weight is 334 g/mol. The molecule has 1 aromatic carbocycles. The number of nitrogens with one attached hydrogen (secondary N) is 1. The van der Waals surface area contributed by atoms with Gasteiger partial charge in [-0.2, -0.15) is 0 Å². The maximum atomic E-state index is 12.0. The molecule has 0 fully saturated rings. The number of nitrogens with zero attached hydrogens (tertiary/aromatic N) is 1. The molecule has 1 atom stereocenters. The van der Waals surface area contributed by atoms with E-state index in [4.69, 9.17) is 5.73 Å². The summed E-state index contributed by atoms with van der Waals surface area (Å²) in [6.07, 6.45) is 0.718. The molecule has 21 heavy (non-hydrogen) atoms. The number of amides is 1. The van der Waals surface area contributed by atoms with E-state index in [0.717, 1.165) is 12.0 Å². The molecule has 0 aliphatic carbocycles. The fourth-order valence-electron chi connectivity index (χ4n) is 2.27. The number of carbonyl (C=O) groups excluding carboxylic acids is 1. The molecule has 2 rings (SSSR count). The van der Waals surface area contributed by atoms with Gasteiger partial charge < -0.3 is 10.6 Å². The van der Waals surface area contributed by atoms with Crippen LogP contribution in [0.15, 0.2) is 23.1 Å². The number of nitrogens with two attached hydrogens (primary N) is 1. The first-order valence-corrected chi connectivity index (χ1v) is 8.04. The topological polar surface area (TPSA) is 92.5 Å². The molecule has 0 bridgehead atoms. The molecule has 1 heterocycles. The number of sulfonamides is 1. The molecule has 0 spiro atoms. The van der Waals surface area contributed by atoms with Gasteiger partial charge in [-0.3, -0.25) is 4.79 Å². The van der Waals surface area contributed by atoms with Crippen LogP contribution < -0.4 is 15.4 Å². The Morgan fingerprint density at radius 2 is 2.14 bits per heavy atom. The highest BCUT2D eigenvalue weighted by Crippen LogP contribution is 2.30. The predicted octanol–water partition coefficient (Wildman–Crippen LogP) is 0.643. The van der Waals surface area contributed by atoms with E-state index in [-0.39, 0.29) is 23.2 Å². The van der Waals surface area contributed by atoms with Crippen LogP contribution in [0.3, 0.4) is 0 Å². The Kier molecular flexibility index (Phi) is 5.75. The highest BCUT2D eigenvalue weighted by atomic mass is 35.5. The van der Waals surface area contributed by atoms with Crippen molar-refractivity contribution in [2.45, 2.75) is 31.2 Å². The second-order valence-corrected chi connectivity index (χ2v) is 6.59. The number of halogens is 1. The van der Waals surface area contributed by atoms with Gasteiger partial charge in [0.2, 0.25) is 15.9 Å². The molecule has 8 heteroatoms. The number of hydrogen-bond donors (Lipinski definition) is 2. The van der Waals surface area contributed by atoms with Gasteiger partial charge >= 0.3 is 0 Å². The normalized spacial score (nSPS) is 15.3. The SMILES string of the molecule is CCNS(=O)(=O)c1ccc2c(c1)N(C(=O)[C@H](C)N)CC2.Cl. The third-order valence-corrected chi connectivity index (χ3v) is 4.80. The first kappa shape index (κ1) is 17.9. The molecular weight excluding hydrogens is 314 g/mol. The zero-order valence-corrected chi connectivity index (χ0v) is 13.6. The summed E-state index contributed by atoms with van der Waals surface area (Å²) in [4.78, 5) is 13.8. The number of carbonyl (C=O) groups is 1. The van der Waals surface area contributed by atoms with Gasteiger partial charge in [0.05, 0.1) is 10.9 Å². The monoisotopic (exact) mass is 333 g/mol. The van der Waals surface area contributed by atoms with Gasteiger partial charge in [-0.1, -0.05) is 13.0 Å². The molecule has 0 saturated carbocycles. The molecule has 0 unspecified atom stereocenters. The van der Waals surface area contributed by atoms with E-state index in [0.29, 0.717) is 18.8 Å². The molecule has 1 aliphatic rings. The van der Waals surface area contributed by atoms with Crippen LogP contribution in [-0.4, -0.2) is 33.5 Å². The van der Waals surface area contributed by atoms with Crippen molar-refractivity contribution in [2.75, 3.05) is 18.0 Å². The van der Waals surface area contributed by atoms with Crippen LogP contribution in [0.25, 0.3) is 0 Å². The smallest absolute Gasteiger partial charge is 0.243 e. The molecule has 1 aromatic rings. The first-order chi connectivity index (χ1) is 9.36. The van der Waals surface area contributed by atoms with Crippen LogP contribution in [0.2, 0.25) is 0 Å². The average Bonchev–Trinajstić information content (AvgIpc) is 2.80. The third-order valence-electron chi connectivity index (χ3n) is 3.25. The number of fused-ring (bicyclic) bond motifs is 1. The lowest BCUT2D eigenvalue weighted by Gasteiger charge is -2.20. The largest absolute Gasteiger partial charge is 0.320 e. The maximum absolute atomic E-state index is 12.0. The summed E-state index contributed by atoms with van der Waals surface area (Å²) in [6, 6.07) is 4.26. The van der Waals surface area contributed by atoms with E-state index < -0.39 is 16.1 Å². The van der Waals surface area contributed by atoms with Crippen molar-refractivity contribution in [2.24, 2.45) is 5.73 Å². The zero-order chi connectivity index (χ0) is 14.9. The van der Waals surface area contributed by atoms with E-state index in [1.165, 1.54) is 0 Å². The lowest BCUT2D eigenvalue weighted by Crippen LogP contribution is -2.41. The third kappa shape index (κ3) is 3.55. The number of hydrogen-bond acceptors (Lipinski definition) is 4. The van der Waals surface area contributed by atoms with Gasteiger partial charge in [-0.15, -0.1) is 12.4 Å². The molecule has 1 amide bonds. The van der Waals surface area contributed by atoms with Crippen LogP contribution in [-0.2, 0) is 21.2 Å². The number of anilines is 1. The van der Waals surface area contributed by atoms with E-state index in [9.17, 15) is 13.2 Å². The summed E-state index contributed by atoms with van der Waals surface area (Å²) in [5.41, 5.74) is 7.23. The summed E-state index contributed by atoms with van der Waals surface area (Å²) in [6.45, 7) is 4.21. The maximum Gasteiger partial charge on any atom is 0.243 e. The van der Waals surface area contributed by atoms with Crippen molar-refractivity contribution in [3.05, 3.63) is 23.8 Å². The Hall–Kier alpha value is -1.15. The summed E-state index contributed by atoms with van der Waals surface area (Å²) in [5.74, 6) is -0.193. The quantitative estimate of drug-likeness (QED) is 0.845. The highest BCUT2D eigenvalue weighted by Gasteiger charge is 2.28. The van der Waals surface area contributed by atoms with E-state index in [2.05, 4.69) is 4.72 Å². The highest BCUT2D eigenvalue weighted by molar-refractivity contribution is 7.89. The van der Waals surface area contributed by atoms with Gasteiger partial charge in [0.15, 0.2) is 0 Å². The second-order valence-electron chi connectivity index (χ2n) is 4.82. The fraction of sp³-hybridized carbons (Fsp3) is 0.462. The fourth-order valence-corrected chi connectivity index (χ4v) is 3.33. The van der Waals surface area contributed by atoms with Gasteiger partial charge in [0.1, 0.15) is 0 Å². The van der Waals surface area contributed by atoms with Crippen molar-refractivity contribution in [3.8, 4) is 0 Å². The Labute approximate surface area is 131 Å². The van der Waals surface area contributed by atoms with Gasteiger partial charge in [-0.05, 0) is 31.0 Å². The van der Waals surface area contributed by atoms with E-state index in [1.54, 1.807) is 36.9 Å². The van der Waals surface area contributed by atoms with Crippen LogP contribution in [0.4, 0.5) is 5.69 Å². The molecule has 118 valence electrons. The van der Waals surface area contributed by atoms with E-state index >= 15 is 0 Å². The van der Waals surface area contributed by atoms with Crippen molar-refractivity contribution in [1.82, 2.24) is 4.72 Å². The molecule has 6 nitrogen and oxygen atoms in total. The summed E-state index contributed by atoms with van der Waals surface area (Å²) in [5, 5.41) is 0. The van der Waals surface area contributed by atoms with Gasteiger partial charge in [0.25, 0.3) is 0 Å². The lowest BCUT2D eigenvalue weighted by atomic mass is 10.2. The van der Waals surface area contributed by atoms with Crippen LogP contribution in [0.1, 0.15) is 19.4 Å². The Balaban J connectivity index is 0.00000220. The lowest BCUT2D eigenvalue weighted by molar-refractivity contribution is -0.119. The van der Waals surface area contributed by atoms with Crippen molar-refractivity contribution in [1.29, 1.82) is 0 Å². The number of benzene rings is 1. The van der Waals surface area contributed by atoms with Crippen LogP contribution in [0.5, 0.6) is 0 Å². The first-order valence-electron chi connectivity index (χ1n) is 6.56. The second kappa shape index (κ2) is 6.74. The number of rotatable bonds is 4. The molecule has 0 aromatic heterocycles. The van der Waals surface area contributed by atoms with Crippen molar-refractivity contribution in [3.63, 3.8) is 0 Å². The minimum Gasteiger partial charge on any atom is -0.320 e. The Morgan fingerprint density at radius 1 is 1.48 bits per heavy atom. The standard InChI is InChI=1S/C13H19N3O3S.ClH/c1-3-15-20(18,19)11-5-4-10-6-7-16(12(10)8-11)13(17)9(2)14;/h4-5,8-9,15H,3,6-7,14H2,1-2H3;1H/t9-;/m0./s1. The Morgan fingerprint density at radius 3 is 2.71 bits per heavy atom. The minimum atomic E-state index is -3.52. The molecule has 1 aliphatic heterocycles. The van der Waals surface area contributed by atoms with Gasteiger partial charge in [0, 0.05) is 18.8 Å². The minimum absolute atomic E-state index is 0. The van der Waals surface area contributed by atoms with Gasteiger partial charge in [-0.25, -0.2) is 13.1 Å². The van der Waals surface area contributed by atoms with Crippen molar-refractivity contribution >= 4 is 34.0 Å². The molecule has 0 saturated heterocycles.